The minimum atomic E-state index is 0.447. The van der Waals surface area contributed by atoms with E-state index in [2.05, 4.69) is 42.8 Å². The van der Waals surface area contributed by atoms with Crippen molar-refractivity contribution < 1.29 is 4.84 Å². The van der Waals surface area contributed by atoms with Crippen molar-refractivity contribution in [3.8, 4) is 0 Å². The zero-order valence-electron chi connectivity index (χ0n) is 10.2. The Hall–Kier alpha value is -1.32. The molecule has 0 amide bonds. The van der Waals surface area contributed by atoms with Crippen molar-refractivity contribution in [2.45, 2.75) is 19.5 Å². The van der Waals surface area contributed by atoms with Gasteiger partial charge in [0.05, 0.1) is 12.6 Å². The Morgan fingerprint density at radius 2 is 2.12 bits per heavy atom. The van der Waals surface area contributed by atoms with Crippen LogP contribution < -0.4 is 0 Å². The van der Waals surface area contributed by atoms with E-state index in [-0.39, 0.29) is 0 Å². The van der Waals surface area contributed by atoms with Crippen molar-refractivity contribution in [2.24, 2.45) is 5.92 Å². The van der Waals surface area contributed by atoms with Gasteiger partial charge >= 0.3 is 0 Å². The molecule has 2 unspecified atom stereocenters. The molecule has 0 spiro atoms. The van der Waals surface area contributed by atoms with Crippen LogP contribution in [0.25, 0.3) is 10.9 Å². The third kappa shape index (κ3) is 1.08. The van der Waals surface area contributed by atoms with E-state index in [9.17, 15) is 0 Å². The predicted molar refractivity (Wildman–Crippen MR) is 66.6 cm³/mol. The van der Waals surface area contributed by atoms with Gasteiger partial charge in [-0.15, -0.1) is 0 Å². The molecule has 2 aliphatic heterocycles. The molecule has 17 heavy (non-hydrogen) atoms. The Morgan fingerprint density at radius 1 is 1.29 bits per heavy atom. The maximum absolute atomic E-state index is 5.65. The fourth-order valence-electron chi connectivity index (χ4n) is 3.54. The van der Waals surface area contributed by atoms with E-state index in [1.54, 1.807) is 0 Å². The van der Waals surface area contributed by atoms with Crippen molar-refractivity contribution >= 4 is 10.9 Å². The smallest absolute Gasteiger partial charge is 0.0821 e. The third-order valence-corrected chi connectivity index (χ3v) is 4.30. The van der Waals surface area contributed by atoms with E-state index >= 15 is 0 Å². The number of hydrogen-bond donors (Lipinski definition) is 0. The summed E-state index contributed by atoms with van der Waals surface area (Å²) in [6.45, 7) is 4.19. The van der Waals surface area contributed by atoms with Crippen LogP contribution >= 0.6 is 0 Å². The van der Waals surface area contributed by atoms with Gasteiger partial charge in [-0.3, -0.25) is 4.84 Å². The average molecular weight is 228 g/mol. The van der Waals surface area contributed by atoms with Gasteiger partial charge in [-0.05, 0) is 18.6 Å². The molecule has 2 aliphatic rings. The van der Waals surface area contributed by atoms with Crippen molar-refractivity contribution in [1.29, 1.82) is 0 Å². The lowest BCUT2D eigenvalue weighted by Gasteiger charge is -2.16. The molecule has 88 valence electrons. The molecule has 1 saturated heterocycles. The molecule has 3 nitrogen and oxygen atoms in total. The van der Waals surface area contributed by atoms with Gasteiger partial charge in [0.2, 0.25) is 0 Å². The van der Waals surface area contributed by atoms with E-state index in [1.807, 2.05) is 5.06 Å². The van der Waals surface area contributed by atoms with Gasteiger partial charge in [0.25, 0.3) is 0 Å². The standard InChI is InChI=1S/C14H16N2O/c1-9-11-5-3-4-6-12(11)16-7-10-8-17-15(2)14(10)13(9)16/h3-6,10,14H,7-8H2,1-2H3. The summed E-state index contributed by atoms with van der Waals surface area (Å²) in [5.41, 5.74) is 4.25. The van der Waals surface area contributed by atoms with E-state index in [1.165, 1.54) is 22.2 Å². The third-order valence-electron chi connectivity index (χ3n) is 4.30. The molecule has 3 heterocycles. The monoisotopic (exact) mass is 228 g/mol. The SMILES string of the molecule is Cc1c2n(c3ccccc13)CC1CON(C)C21. The number of fused-ring (bicyclic) bond motifs is 5. The van der Waals surface area contributed by atoms with E-state index < -0.39 is 0 Å². The van der Waals surface area contributed by atoms with Crippen LogP contribution in [-0.2, 0) is 11.4 Å². The van der Waals surface area contributed by atoms with Gasteiger partial charge in [-0.2, -0.15) is 5.06 Å². The van der Waals surface area contributed by atoms with Crippen molar-refractivity contribution in [2.75, 3.05) is 13.7 Å². The van der Waals surface area contributed by atoms with Crippen LogP contribution in [0.1, 0.15) is 17.3 Å². The largest absolute Gasteiger partial charge is 0.342 e. The molecule has 0 aliphatic carbocycles. The fraction of sp³-hybridized carbons (Fsp3) is 0.429. The summed E-state index contributed by atoms with van der Waals surface area (Å²) in [6, 6.07) is 9.15. The van der Waals surface area contributed by atoms with Gasteiger partial charge in [-0.25, -0.2) is 0 Å². The lowest BCUT2D eigenvalue weighted by atomic mass is 9.99. The number of hydroxylamine groups is 2. The normalized spacial score (nSPS) is 27.6. The predicted octanol–water partition coefficient (Wildman–Crippen LogP) is 2.50. The van der Waals surface area contributed by atoms with Crippen LogP contribution in [0.15, 0.2) is 24.3 Å². The molecule has 1 fully saturated rings. The number of rotatable bonds is 0. The highest BCUT2D eigenvalue weighted by atomic mass is 16.7. The second-order valence-corrected chi connectivity index (χ2v) is 5.18. The number of aryl methyl sites for hydroxylation is 1. The Balaban J connectivity index is 2.02. The molecule has 1 aromatic heterocycles. The molecule has 0 N–H and O–H groups in total. The molecule has 3 heteroatoms. The molecule has 0 saturated carbocycles. The lowest BCUT2D eigenvalue weighted by molar-refractivity contribution is -0.111. The quantitative estimate of drug-likeness (QED) is 0.689. The van der Waals surface area contributed by atoms with Crippen molar-refractivity contribution in [3.63, 3.8) is 0 Å². The molecule has 2 aromatic rings. The highest BCUT2D eigenvalue weighted by Crippen LogP contribution is 2.45. The highest BCUT2D eigenvalue weighted by Gasteiger charge is 2.43. The maximum atomic E-state index is 5.65. The second-order valence-electron chi connectivity index (χ2n) is 5.18. The number of hydrogen-bond acceptors (Lipinski definition) is 2. The van der Waals surface area contributed by atoms with Crippen molar-refractivity contribution in [3.05, 3.63) is 35.5 Å². The Morgan fingerprint density at radius 3 is 3.00 bits per heavy atom. The summed E-state index contributed by atoms with van der Waals surface area (Å²) < 4.78 is 2.49. The Kier molecular flexibility index (Phi) is 1.78. The van der Waals surface area contributed by atoms with Crippen LogP contribution in [-0.4, -0.2) is 23.3 Å². The minimum Gasteiger partial charge on any atom is -0.342 e. The molecule has 1 aromatic carbocycles. The lowest BCUT2D eigenvalue weighted by Crippen LogP contribution is -2.17. The molecular formula is C14H16N2O. The topological polar surface area (TPSA) is 17.4 Å². The zero-order chi connectivity index (χ0) is 11.6. The Bertz CT molecular complexity index is 602. The fourth-order valence-corrected chi connectivity index (χ4v) is 3.54. The summed E-state index contributed by atoms with van der Waals surface area (Å²) in [5, 5.41) is 3.43. The van der Waals surface area contributed by atoms with E-state index in [0.29, 0.717) is 12.0 Å². The number of para-hydroxylation sites is 1. The summed E-state index contributed by atoms with van der Waals surface area (Å²) in [4.78, 5) is 5.65. The van der Waals surface area contributed by atoms with E-state index in [4.69, 9.17) is 4.84 Å². The van der Waals surface area contributed by atoms with Crippen LogP contribution in [0.5, 0.6) is 0 Å². The molecular weight excluding hydrogens is 212 g/mol. The van der Waals surface area contributed by atoms with Gasteiger partial charge < -0.3 is 4.57 Å². The Labute approximate surface area is 101 Å². The maximum Gasteiger partial charge on any atom is 0.0821 e. The van der Waals surface area contributed by atoms with Crippen LogP contribution in [0.2, 0.25) is 0 Å². The van der Waals surface area contributed by atoms with Crippen LogP contribution in [0, 0.1) is 12.8 Å². The second kappa shape index (κ2) is 3.12. The molecule has 0 radical (unpaired) electrons. The molecule has 2 atom stereocenters. The van der Waals surface area contributed by atoms with Gasteiger partial charge in [-0.1, -0.05) is 18.2 Å². The number of benzene rings is 1. The summed E-state index contributed by atoms with van der Waals surface area (Å²) in [7, 11) is 2.05. The molecule has 4 rings (SSSR count). The first kappa shape index (κ1) is 9.68. The number of nitrogens with zero attached hydrogens (tertiary/aromatic N) is 2. The first-order valence-corrected chi connectivity index (χ1v) is 6.21. The average Bonchev–Trinajstić information content (AvgIpc) is 2.95. The van der Waals surface area contributed by atoms with Gasteiger partial charge in [0.15, 0.2) is 0 Å². The molecule has 0 bridgehead atoms. The minimum absolute atomic E-state index is 0.447. The van der Waals surface area contributed by atoms with Crippen LogP contribution in [0.4, 0.5) is 0 Å². The van der Waals surface area contributed by atoms with Gasteiger partial charge in [0, 0.05) is 36.1 Å². The first-order chi connectivity index (χ1) is 8.27. The number of aromatic nitrogens is 1. The zero-order valence-corrected chi connectivity index (χ0v) is 10.2. The van der Waals surface area contributed by atoms with Crippen LogP contribution in [0.3, 0.4) is 0 Å². The highest BCUT2D eigenvalue weighted by molar-refractivity contribution is 5.85. The summed E-state index contributed by atoms with van der Waals surface area (Å²) >= 11 is 0. The first-order valence-electron chi connectivity index (χ1n) is 6.21. The summed E-state index contributed by atoms with van der Waals surface area (Å²) in [5.74, 6) is 0.623. The van der Waals surface area contributed by atoms with Gasteiger partial charge in [0.1, 0.15) is 0 Å². The van der Waals surface area contributed by atoms with E-state index in [0.717, 1.165) is 13.2 Å². The van der Waals surface area contributed by atoms with Crippen molar-refractivity contribution in [1.82, 2.24) is 9.63 Å². The summed E-state index contributed by atoms with van der Waals surface area (Å²) in [6.07, 6.45) is 0.